The van der Waals surface area contributed by atoms with Crippen molar-refractivity contribution in [3.63, 3.8) is 0 Å². The molecule has 0 bridgehead atoms. The van der Waals surface area contributed by atoms with E-state index in [4.69, 9.17) is 14.2 Å². The molecule has 2 aromatic heterocycles. The van der Waals surface area contributed by atoms with E-state index in [-0.39, 0.29) is 17.9 Å². The summed E-state index contributed by atoms with van der Waals surface area (Å²) < 4.78 is 15.0. The first-order valence-electron chi connectivity index (χ1n) is 9.84. The average Bonchev–Trinajstić information content (AvgIpc) is 3.38. The highest BCUT2D eigenvalue weighted by molar-refractivity contribution is 7.17. The molecule has 9 nitrogen and oxygen atoms in total. The van der Waals surface area contributed by atoms with Crippen molar-refractivity contribution in [2.24, 2.45) is 0 Å². The van der Waals surface area contributed by atoms with Gasteiger partial charge in [0.1, 0.15) is 10.7 Å². The number of carbonyl (C=O) groups excluding carboxylic acids is 4. The summed E-state index contributed by atoms with van der Waals surface area (Å²) in [6, 6.07) is 0. The Morgan fingerprint density at radius 2 is 1.77 bits per heavy atom. The lowest BCUT2D eigenvalue weighted by Gasteiger charge is -2.08. The molecule has 31 heavy (non-hydrogen) atoms. The molecule has 2 heterocycles. The Balaban J connectivity index is 1.67. The van der Waals surface area contributed by atoms with E-state index in [0.29, 0.717) is 21.8 Å². The molecular formula is C21H24N2O7S. The first kappa shape index (κ1) is 22.5. The lowest BCUT2D eigenvalue weighted by Crippen LogP contribution is -2.22. The van der Waals surface area contributed by atoms with E-state index >= 15 is 0 Å². The normalized spacial score (nSPS) is 12.3. The van der Waals surface area contributed by atoms with E-state index in [1.165, 1.54) is 18.4 Å². The van der Waals surface area contributed by atoms with Gasteiger partial charge in [0.2, 0.25) is 0 Å². The number of esters is 3. The Morgan fingerprint density at radius 3 is 2.45 bits per heavy atom. The second-order valence-corrected chi connectivity index (χ2v) is 8.13. The Morgan fingerprint density at radius 1 is 1.03 bits per heavy atom. The lowest BCUT2D eigenvalue weighted by atomic mass is 10.1. The van der Waals surface area contributed by atoms with Gasteiger partial charge in [0.15, 0.2) is 6.61 Å². The van der Waals surface area contributed by atoms with Crippen LogP contribution >= 0.6 is 11.3 Å². The third-order valence-electron chi connectivity index (χ3n) is 5.02. The van der Waals surface area contributed by atoms with Gasteiger partial charge in [-0.05, 0) is 51.2 Å². The fourth-order valence-electron chi connectivity index (χ4n) is 3.64. The van der Waals surface area contributed by atoms with Crippen molar-refractivity contribution in [3.05, 3.63) is 38.5 Å². The number of nitrogens with one attached hydrogen (secondary N) is 2. The molecule has 0 saturated carbocycles. The smallest absolute Gasteiger partial charge is 0.355 e. The number of hydrogen-bond donors (Lipinski definition) is 2. The number of ether oxygens (including phenoxy) is 3. The molecule has 0 unspecified atom stereocenters. The quantitative estimate of drug-likeness (QED) is 0.493. The minimum Gasteiger partial charge on any atom is -0.465 e. The summed E-state index contributed by atoms with van der Waals surface area (Å²) in [5.41, 5.74) is 2.50. The number of fused-ring (bicyclic) bond motifs is 1. The zero-order valence-corrected chi connectivity index (χ0v) is 18.6. The Bertz CT molecular complexity index is 1050. The maximum Gasteiger partial charge on any atom is 0.355 e. The van der Waals surface area contributed by atoms with Crippen LogP contribution in [0.4, 0.5) is 5.00 Å². The maximum absolute atomic E-state index is 12.4. The molecule has 1 aliphatic rings. The lowest BCUT2D eigenvalue weighted by molar-refractivity contribution is -0.119. The van der Waals surface area contributed by atoms with Crippen LogP contribution in [-0.2, 0) is 31.8 Å². The van der Waals surface area contributed by atoms with Gasteiger partial charge in [0.25, 0.3) is 5.91 Å². The summed E-state index contributed by atoms with van der Waals surface area (Å²) in [4.78, 5) is 52.9. The van der Waals surface area contributed by atoms with Crippen LogP contribution in [0.5, 0.6) is 0 Å². The van der Waals surface area contributed by atoms with Crippen LogP contribution in [0.1, 0.15) is 66.2 Å². The van der Waals surface area contributed by atoms with E-state index in [1.54, 1.807) is 20.8 Å². The molecule has 1 aliphatic carbocycles. The monoisotopic (exact) mass is 448 g/mol. The molecule has 0 aromatic carbocycles. The third kappa shape index (κ3) is 4.48. The average molecular weight is 448 g/mol. The summed E-state index contributed by atoms with van der Waals surface area (Å²) in [7, 11) is 1.29. The standard InChI is InChI=1S/C21H24N2O7S/c1-5-29-20(26)15-10(2)17(22-11(15)3)21(27)30-9-14(24)23-18-16(19(25)28-4)12-7-6-8-13(12)31-18/h22H,5-9H2,1-4H3,(H,23,24). The van der Waals surface area contributed by atoms with Crippen molar-refractivity contribution in [3.8, 4) is 0 Å². The Hall–Kier alpha value is -3.14. The van der Waals surface area contributed by atoms with Gasteiger partial charge in [-0.1, -0.05) is 0 Å². The summed E-state index contributed by atoms with van der Waals surface area (Å²) in [5.74, 6) is -2.39. The molecule has 2 N–H and O–H groups in total. The molecule has 166 valence electrons. The van der Waals surface area contributed by atoms with Gasteiger partial charge in [0.05, 0.1) is 24.8 Å². The number of hydrogen-bond acceptors (Lipinski definition) is 8. The second-order valence-electron chi connectivity index (χ2n) is 7.02. The van der Waals surface area contributed by atoms with Crippen LogP contribution in [-0.4, -0.2) is 49.1 Å². The molecule has 0 saturated heterocycles. The number of rotatable bonds is 7. The maximum atomic E-state index is 12.4. The number of aromatic amines is 1. The van der Waals surface area contributed by atoms with Crippen molar-refractivity contribution in [1.82, 2.24) is 4.98 Å². The number of aryl methyl sites for hydroxylation is 2. The van der Waals surface area contributed by atoms with Crippen LogP contribution < -0.4 is 5.32 Å². The molecule has 0 aliphatic heterocycles. The summed E-state index contributed by atoms with van der Waals surface area (Å²) in [5, 5.41) is 3.04. The first-order chi connectivity index (χ1) is 14.8. The van der Waals surface area contributed by atoms with Crippen molar-refractivity contribution in [2.75, 3.05) is 25.6 Å². The summed E-state index contributed by atoms with van der Waals surface area (Å²) in [6.07, 6.45) is 2.57. The number of aromatic nitrogens is 1. The van der Waals surface area contributed by atoms with Crippen molar-refractivity contribution in [2.45, 2.75) is 40.0 Å². The number of carbonyl (C=O) groups is 4. The molecule has 0 radical (unpaired) electrons. The molecule has 2 aromatic rings. The van der Waals surface area contributed by atoms with Crippen LogP contribution in [0.3, 0.4) is 0 Å². The van der Waals surface area contributed by atoms with E-state index in [9.17, 15) is 19.2 Å². The fraction of sp³-hybridized carbons (Fsp3) is 0.429. The fourth-order valence-corrected chi connectivity index (χ4v) is 4.93. The first-order valence-corrected chi connectivity index (χ1v) is 10.7. The predicted molar refractivity (Wildman–Crippen MR) is 113 cm³/mol. The summed E-state index contributed by atoms with van der Waals surface area (Å²) in [6.45, 7) is 4.60. The summed E-state index contributed by atoms with van der Waals surface area (Å²) >= 11 is 1.34. The van der Waals surface area contributed by atoms with Crippen molar-refractivity contribution in [1.29, 1.82) is 0 Å². The second kappa shape index (κ2) is 9.34. The van der Waals surface area contributed by atoms with E-state index < -0.39 is 30.4 Å². The molecule has 0 spiro atoms. The van der Waals surface area contributed by atoms with Gasteiger partial charge in [-0.2, -0.15) is 0 Å². The Kier molecular flexibility index (Phi) is 6.79. The van der Waals surface area contributed by atoms with E-state index in [0.717, 1.165) is 29.7 Å². The van der Waals surface area contributed by atoms with Crippen LogP contribution in [0.25, 0.3) is 0 Å². The number of methoxy groups -OCH3 is 1. The Labute approximate surface area is 183 Å². The zero-order chi connectivity index (χ0) is 22.7. The highest BCUT2D eigenvalue weighted by Crippen LogP contribution is 2.39. The molecule has 0 atom stereocenters. The van der Waals surface area contributed by atoms with Gasteiger partial charge in [-0.3, -0.25) is 4.79 Å². The number of amides is 1. The molecular weight excluding hydrogens is 424 g/mol. The number of H-pyrrole nitrogens is 1. The highest BCUT2D eigenvalue weighted by Gasteiger charge is 2.28. The van der Waals surface area contributed by atoms with Gasteiger partial charge in [-0.25, -0.2) is 14.4 Å². The van der Waals surface area contributed by atoms with Crippen molar-refractivity contribution < 1.29 is 33.4 Å². The zero-order valence-electron chi connectivity index (χ0n) is 17.8. The highest BCUT2D eigenvalue weighted by atomic mass is 32.1. The predicted octanol–water partition coefficient (Wildman–Crippen LogP) is 2.94. The SMILES string of the molecule is CCOC(=O)c1c(C)[nH]c(C(=O)OCC(=O)Nc2sc3c(c2C(=O)OC)CCC3)c1C. The van der Waals surface area contributed by atoms with Gasteiger partial charge >= 0.3 is 17.9 Å². The van der Waals surface area contributed by atoms with Crippen LogP contribution in [0, 0.1) is 13.8 Å². The van der Waals surface area contributed by atoms with Gasteiger partial charge < -0.3 is 24.5 Å². The number of thiophene rings is 1. The molecule has 1 amide bonds. The molecule has 3 rings (SSSR count). The van der Waals surface area contributed by atoms with Gasteiger partial charge in [-0.15, -0.1) is 11.3 Å². The van der Waals surface area contributed by atoms with Crippen molar-refractivity contribution >= 4 is 40.2 Å². The minimum absolute atomic E-state index is 0.0821. The van der Waals surface area contributed by atoms with Crippen LogP contribution in [0.15, 0.2) is 0 Å². The largest absolute Gasteiger partial charge is 0.465 e. The number of anilines is 1. The van der Waals surface area contributed by atoms with Gasteiger partial charge in [0, 0.05) is 10.6 Å². The molecule has 0 fully saturated rings. The van der Waals surface area contributed by atoms with E-state index in [2.05, 4.69) is 10.3 Å². The minimum atomic E-state index is -0.770. The topological polar surface area (TPSA) is 124 Å². The van der Waals surface area contributed by atoms with Crippen LogP contribution in [0.2, 0.25) is 0 Å². The van der Waals surface area contributed by atoms with E-state index in [1.807, 2.05) is 0 Å². The third-order valence-corrected chi connectivity index (χ3v) is 6.23. The molecule has 10 heteroatoms.